The number of guanidine groups is 1. The number of hydrogen-bond acceptors (Lipinski definition) is 4. The highest BCUT2D eigenvalue weighted by molar-refractivity contribution is 5.80. The Morgan fingerprint density at radius 2 is 2.22 bits per heavy atom. The van der Waals surface area contributed by atoms with Crippen molar-refractivity contribution in [2.45, 2.75) is 46.2 Å². The fourth-order valence-corrected chi connectivity index (χ4v) is 3.12. The summed E-state index contributed by atoms with van der Waals surface area (Å²) in [5, 5.41) is 15.2. The van der Waals surface area contributed by atoms with Gasteiger partial charge in [0.05, 0.1) is 12.6 Å². The number of benzene rings is 1. The number of aryl methyl sites for hydroxylation is 1. The molecule has 1 atom stereocenters. The first-order valence-electron chi connectivity index (χ1n) is 9.80. The molecule has 3 rings (SSSR count). The van der Waals surface area contributed by atoms with Crippen molar-refractivity contribution in [2.75, 3.05) is 19.7 Å². The zero-order valence-corrected chi connectivity index (χ0v) is 16.5. The van der Waals surface area contributed by atoms with Gasteiger partial charge in [-0.3, -0.25) is 4.99 Å². The minimum absolute atomic E-state index is 0.203. The third-order valence-corrected chi connectivity index (χ3v) is 4.54. The van der Waals surface area contributed by atoms with Crippen molar-refractivity contribution in [3.8, 4) is 5.75 Å². The summed E-state index contributed by atoms with van der Waals surface area (Å²) in [6, 6.07) is 8.42. The lowest BCUT2D eigenvalue weighted by Crippen LogP contribution is -2.42. The summed E-state index contributed by atoms with van der Waals surface area (Å²) in [5.41, 5.74) is 1.19. The maximum Gasteiger partial charge on any atom is 0.191 e. The number of aromatic nitrogens is 3. The molecule has 2 heterocycles. The second kappa shape index (κ2) is 9.39. The van der Waals surface area contributed by atoms with Crippen LogP contribution in [-0.4, -0.2) is 40.4 Å². The van der Waals surface area contributed by atoms with Gasteiger partial charge in [-0.1, -0.05) is 39.0 Å². The van der Waals surface area contributed by atoms with Crippen molar-refractivity contribution >= 4 is 5.96 Å². The predicted octanol–water partition coefficient (Wildman–Crippen LogP) is 2.56. The van der Waals surface area contributed by atoms with Gasteiger partial charge in [-0.25, -0.2) is 0 Å². The second-order valence-electron chi connectivity index (χ2n) is 7.18. The van der Waals surface area contributed by atoms with Crippen LogP contribution < -0.4 is 15.4 Å². The molecular weight excluding hydrogens is 340 g/mol. The van der Waals surface area contributed by atoms with Gasteiger partial charge in [-0.05, 0) is 12.0 Å². The highest BCUT2D eigenvalue weighted by Crippen LogP contribution is 2.31. The van der Waals surface area contributed by atoms with Crippen LogP contribution in [0.1, 0.15) is 44.6 Å². The van der Waals surface area contributed by atoms with Crippen molar-refractivity contribution in [2.24, 2.45) is 10.9 Å². The summed E-state index contributed by atoms with van der Waals surface area (Å²) in [4.78, 5) is 4.76. The van der Waals surface area contributed by atoms with E-state index in [-0.39, 0.29) is 6.04 Å². The predicted molar refractivity (Wildman–Crippen MR) is 107 cm³/mol. The molecule has 7 heteroatoms. The molecule has 2 aromatic rings. The van der Waals surface area contributed by atoms with E-state index in [2.05, 4.69) is 58.3 Å². The van der Waals surface area contributed by atoms with Crippen molar-refractivity contribution < 1.29 is 4.74 Å². The Bertz CT molecular complexity index is 754. The molecule has 2 N–H and O–H groups in total. The zero-order chi connectivity index (χ0) is 19.1. The Labute approximate surface area is 161 Å². The van der Waals surface area contributed by atoms with Gasteiger partial charge in [-0.2, -0.15) is 0 Å². The highest BCUT2D eigenvalue weighted by atomic mass is 16.5. The number of nitrogens with zero attached hydrogens (tertiary/aromatic N) is 4. The third-order valence-electron chi connectivity index (χ3n) is 4.54. The SMILES string of the molecule is CCc1nncn1CCNC(=NCC(C)C)NC1CCOc2ccccc21. The van der Waals surface area contributed by atoms with Crippen LogP contribution in [0.3, 0.4) is 0 Å². The van der Waals surface area contributed by atoms with Gasteiger partial charge in [0.2, 0.25) is 0 Å². The molecule has 0 radical (unpaired) electrons. The molecule has 146 valence electrons. The average Bonchev–Trinajstić information content (AvgIpc) is 3.13. The van der Waals surface area contributed by atoms with Crippen LogP contribution in [0.2, 0.25) is 0 Å². The van der Waals surface area contributed by atoms with Crippen molar-refractivity contribution in [3.63, 3.8) is 0 Å². The number of fused-ring (bicyclic) bond motifs is 1. The molecule has 0 saturated carbocycles. The van der Waals surface area contributed by atoms with Gasteiger partial charge in [0.1, 0.15) is 17.9 Å². The van der Waals surface area contributed by atoms with E-state index in [9.17, 15) is 0 Å². The lowest BCUT2D eigenvalue weighted by molar-refractivity contribution is 0.261. The molecular formula is C20H30N6O. The van der Waals surface area contributed by atoms with Crippen LogP contribution in [0, 0.1) is 5.92 Å². The summed E-state index contributed by atoms with van der Waals surface area (Å²) < 4.78 is 7.85. The van der Waals surface area contributed by atoms with Gasteiger partial charge in [0.25, 0.3) is 0 Å². The maximum atomic E-state index is 5.77. The third kappa shape index (κ3) is 5.21. The van der Waals surface area contributed by atoms with Crippen molar-refractivity contribution in [3.05, 3.63) is 42.0 Å². The Kier molecular flexibility index (Phi) is 6.68. The molecule has 27 heavy (non-hydrogen) atoms. The normalized spacial score (nSPS) is 16.7. The fraction of sp³-hybridized carbons (Fsp3) is 0.550. The molecule has 1 aliphatic heterocycles. The summed E-state index contributed by atoms with van der Waals surface area (Å²) in [6.45, 7) is 9.52. The molecule has 0 saturated heterocycles. The van der Waals surface area contributed by atoms with Crippen LogP contribution in [0.4, 0.5) is 0 Å². The Balaban J connectivity index is 1.64. The molecule has 1 aromatic carbocycles. The van der Waals surface area contributed by atoms with Crippen LogP contribution in [0.5, 0.6) is 5.75 Å². The van der Waals surface area contributed by atoms with E-state index in [1.807, 2.05) is 12.1 Å². The minimum Gasteiger partial charge on any atom is -0.493 e. The smallest absolute Gasteiger partial charge is 0.191 e. The molecule has 7 nitrogen and oxygen atoms in total. The van der Waals surface area contributed by atoms with Gasteiger partial charge in [0.15, 0.2) is 5.96 Å². The largest absolute Gasteiger partial charge is 0.493 e. The van der Waals surface area contributed by atoms with E-state index in [1.54, 1.807) is 6.33 Å². The van der Waals surface area contributed by atoms with Crippen molar-refractivity contribution in [1.29, 1.82) is 0 Å². The zero-order valence-electron chi connectivity index (χ0n) is 16.5. The standard InChI is InChI=1S/C20H30N6O/c1-4-19-25-23-14-26(19)11-10-21-20(22-13-15(2)3)24-17-9-12-27-18-8-6-5-7-16(17)18/h5-8,14-15,17H,4,9-13H2,1-3H3,(H2,21,22,24). The number of aliphatic imine (C=N–C) groups is 1. The topological polar surface area (TPSA) is 76.4 Å². The fourth-order valence-electron chi connectivity index (χ4n) is 3.12. The lowest BCUT2D eigenvalue weighted by Gasteiger charge is -2.28. The minimum atomic E-state index is 0.203. The van der Waals surface area contributed by atoms with Crippen LogP contribution >= 0.6 is 0 Å². The van der Waals surface area contributed by atoms with E-state index < -0.39 is 0 Å². The van der Waals surface area contributed by atoms with Crippen LogP contribution in [-0.2, 0) is 13.0 Å². The summed E-state index contributed by atoms with van der Waals surface area (Å²) in [6.07, 6.45) is 3.59. The van der Waals surface area contributed by atoms with Crippen LogP contribution in [0.25, 0.3) is 0 Å². The van der Waals surface area contributed by atoms with E-state index >= 15 is 0 Å². The van der Waals surface area contributed by atoms with Gasteiger partial charge < -0.3 is 19.9 Å². The lowest BCUT2D eigenvalue weighted by atomic mass is 10.0. The molecule has 1 unspecified atom stereocenters. The van der Waals surface area contributed by atoms with Crippen LogP contribution in [0.15, 0.2) is 35.6 Å². The molecule has 1 aliphatic rings. The number of nitrogens with one attached hydrogen (secondary N) is 2. The monoisotopic (exact) mass is 370 g/mol. The maximum absolute atomic E-state index is 5.77. The number of hydrogen-bond donors (Lipinski definition) is 2. The summed E-state index contributed by atoms with van der Waals surface area (Å²) in [7, 11) is 0. The summed E-state index contributed by atoms with van der Waals surface area (Å²) in [5.74, 6) is 3.32. The molecule has 0 amide bonds. The molecule has 0 bridgehead atoms. The number of para-hydroxylation sites is 1. The van der Waals surface area contributed by atoms with Gasteiger partial charge in [0, 0.05) is 38.0 Å². The van der Waals surface area contributed by atoms with Gasteiger partial charge in [-0.15, -0.1) is 10.2 Å². The highest BCUT2D eigenvalue weighted by Gasteiger charge is 2.21. The van der Waals surface area contributed by atoms with E-state index in [4.69, 9.17) is 9.73 Å². The summed E-state index contributed by atoms with van der Waals surface area (Å²) >= 11 is 0. The number of rotatable bonds is 7. The Morgan fingerprint density at radius 3 is 3.04 bits per heavy atom. The quantitative estimate of drug-likeness (QED) is 0.579. The molecule has 0 aliphatic carbocycles. The Hall–Kier alpha value is -2.57. The molecule has 0 spiro atoms. The van der Waals surface area contributed by atoms with E-state index in [0.29, 0.717) is 12.5 Å². The van der Waals surface area contributed by atoms with Gasteiger partial charge >= 0.3 is 0 Å². The number of ether oxygens (including phenoxy) is 1. The Morgan fingerprint density at radius 1 is 1.37 bits per heavy atom. The first kappa shape index (κ1) is 19.2. The van der Waals surface area contributed by atoms with E-state index in [0.717, 1.165) is 50.0 Å². The first-order chi connectivity index (χ1) is 13.2. The van der Waals surface area contributed by atoms with E-state index in [1.165, 1.54) is 5.56 Å². The molecule has 0 fully saturated rings. The van der Waals surface area contributed by atoms with Crippen molar-refractivity contribution in [1.82, 2.24) is 25.4 Å². The average molecular weight is 371 g/mol. The second-order valence-corrected chi connectivity index (χ2v) is 7.18. The molecule has 1 aromatic heterocycles. The first-order valence-corrected chi connectivity index (χ1v) is 9.80.